The van der Waals surface area contributed by atoms with E-state index in [0.717, 1.165) is 77.0 Å². The Morgan fingerprint density at radius 2 is 0.831 bits per heavy atom. The molecule has 0 aliphatic heterocycles. The topological polar surface area (TPSA) is 95.9 Å². The van der Waals surface area contributed by atoms with Gasteiger partial charge in [-0.1, -0.05) is 243 Å². The Hall–Kier alpha value is -2.18. The third kappa shape index (κ3) is 48.1. The van der Waals surface area contributed by atoms with Crippen molar-refractivity contribution in [1.82, 2.24) is 5.32 Å². The van der Waals surface area contributed by atoms with Crippen LogP contribution in [0.4, 0.5) is 0 Å². The molecule has 1 amide bonds. The van der Waals surface area contributed by atoms with Crippen molar-refractivity contribution in [3.05, 3.63) is 48.6 Å². The second kappa shape index (κ2) is 52.8. The first-order chi connectivity index (χ1) is 32.0. The standard InChI is InChI=1S/C59H109NO5/c1-4-7-10-13-16-19-22-25-27-28-29-30-32-34-37-40-43-46-49-52-59(64)65-55(50-47-44-41-38-35-24-21-18-15-12-9-6-3)53-58(63)60-56(54-61)57(62)51-48-45-42-39-36-33-31-26-23-20-17-14-11-8-5-2/h9,12,18,21,25,27,35,38,55-57,61-62H,4-8,10-11,13-17,19-20,22-24,26,28-34,36-37,39-54H2,1-3H3,(H,60,63)/b12-9+,21-18+,27-25+,38-35+. The fourth-order valence-corrected chi connectivity index (χ4v) is 8.62. The van der Waals surface area contributed by atoms with E-state index in [1.54, 1.807) is 0 Å². The van der Waals surface area contributed by atoms with Gasteiger partial charge in [0.05, 0.1) is 25.2 Å². The van der Waals surface area contributed by atoms with E-state index < -0.39 is 18.2 Å². The minimum Gasteiger partial charge on any atom is -0.462 e. The zero-order valence-electron chi connectivity index (χ0n) is 43.4. The summed E-state index contributed by atoms with van der Waals surface area (Å²) in [5.74, 6) is -0.506. The van der Waals surface area contributed by atoms with Crippen molar-refractivity contribution in [2.45, 2.75) is 309 Å². The molecule has 0 radical (unpaired) electrons. The number of aliphatic hydroxyl groups is 2. The number of allylic oxidation sites excluding steroid dienone is 8. The van der Waals surface area contributed by atoms with Gasteiger partial charge in [0, 0.05) is 6.42 Å². The summed E-state index contributed by atoms with van der Waals surface area (Å²) in [6, 6.07) is -0.714. The van der Waals surface area contributed by atoms with E-state index in [1.807, 2.05) is 0 Å². The van der Waals surface area contributed by atoms with Crippen LogP contribution in [0.3, 0.4) is 0 Å². The van der Waals surface area contributed by atoms with E-state index in [1.165, 1.54) is 167 Å². The minimum atomic E-state index is -0.798. The predicted molar refractivity (Wildman–Crippen MR) is 282 cm³/mol. The highest BCUT2D eigenvalue weighted by molar-refractivity contribution is 5.77. The van der Waals surface area contributed by atoms with Gasteiger partial charge in [-0.15, -0.1) is 0 Å². The van der Waals surface area contributed by atoms with Gasteiger partial charge in [0.15, 0.2) is 0 Å². The maximum Gasteiger partial charge on any atom is 0.306 e. The summed E-state index contributed by atoms with van der Waals surface area (Å²) in [4.78, 5) is 26.2. The lowest BCUT2D eigenvalue weighted by molar-refractivity contribution is -0.151. The van der Waals surface area contributed by atoms with Crippen LogP contribution >= 0.6 is 0 Å². The number of aliphatic hydroxyl groups excluding tert-OH is 2. The molecule has 0 fully saturated rings. The summed E-state index contributed by atoms with van der Waals surface area (Å²) in [6.45, 7) is 6.38. The molecular weight excluding hydrogens is 803 g/mol. The zero-order valence-corrected chi connectivity index (χ0v) is 43.4. The van der Waals surface area contributed by atoms with Crippen molar-refractivity contribution in [2.75, 3.05) is 6.61 Å². The Labute approximate surface area is 404 Å². The Morgan fingerprint density at radius 3 is 1.29 bits per heavy atom. The monoisotopic (exact) mass is 912 g/mol. The van der Waals surface area contributed by atoms with Crippen LogP contribution < -0.4 is 5.32 Å². The van der Waals surface area contributed by atoms with Crippen molar-refractivity contribution in [1.29, 1.82) is 0 Å². The van der Waals surface area contributed by atoms with Crippen molar-refractivity contribution >= 4 is 11.9 Å². The second-order valence-electron chi connectivity index (χ2n) is 19.3. The highest BCUT2D eigenvalue weighted by atomic mass is 16.5. The molecule has 6 nitrogen and oxygen atoms in total. The molecule has 0 aliphatic rings. The number of carbonyl (C=O) groups is 2. The van der Waals surface area contributed by atoms with Crippen molar-refractivity contribution in [3.8, 4) is 0 Å². The number of ether oxygens (including phenoxy) is 1. The molecule has 0 rings (SSSR count). The molecule has 380 valence electrons. The maximum atomic E-state index is 13.2. The molecule has 0 bridgehead atoms. The van der Waals surface area contributed by atoms with E-state index in [4.69, 9.17) is 4.74 Å². The van der Waals surface area contributed by atoms with Gasteiger partial charge >= 0.3 is 5.97 Å². The quantitative estimate of drug-likeness (QED) is 0.0321. The zero-order chi connectivity index (χ0) is 47.4. The second-order valence-corrected chi connectivity index (χ2v) is 19.3. The fraction of sp³-hybridized carbons (Fsp3) is 0.831. The largest absolute Gasteiger partial charge is 0.462 e. The van der Waals surface area contributed by atoms with Crippen LogP contribution in [0.1, 0.15) is 290 Å². The molecule has 0 heterocycles. The molecule has 0 aromatic heterocycles. The number of esters is 1. The molecule has 3 unspecified atom stereocenters. The van der Waals surface area contributed by atoms with E-state index >= 15 is 0 Å². The summed E-state index contributed by atoms with van der Waals surface area (Å²) in [7, 11) is 0. The Balaban J connectivity index is 4.50. The first-order valence-corrected chi connectivity index (χ1v) is 28.4. The first-order valence-electron chi connectivity index (χ1n) is 28.4. The fourth-order valence-electron chi connectivity index (χ4n) is 8.62. The molecule has 0 saturated carbocycles. The number of amides is 1. The molecular formula is C59H109NO5. The van der Waals surface area contributed by atoms with Crippen LogP contribution in [0, 0.1) is 0 Å². The number of hydrogen-bond donors (Lipinski definition) is 3. The molecule has 6 heteroatoms. The Bertz CT molecular complexity index is 1110. The van der Waals surface area contributed by atoms with Gasteiger partial charge in [0.2, 0.25) is 5.91 Å². The van der Waals surface area contributed by atoms with Crippen molar-refractivity contribution in [2.24, 2.45) is 0 Å². The van der Waals surface area contributed by atoms with Crippen LogP contribution in [-0.4, -0.2) is 46.9 Å². The van der Waals surface area contributed by atoms with E-state index in [9.17, 15) is 19.8 Å². The molecule has 65 heavy (non-hydrogen) atoms. The van der Waals surface area contributed by atoms with Gasteiger partial charge in [-0.25, -0.2) is 0 Å². The van der Waals surface area contributed by atoms with Crippen molar-refractivity contribution < 1.29 is 24.5 Å². The molecule has 0 aromatic carbocycles. The summed E-state index contributed by atoms with van der Waals surface area (Å²) in [5, 5.41) is 23.8. The van der Waals surface area contributed by atoms with Gasteiger partial charge in [0.1, 0.15) is 6.10 Å². The number of rotatable bonds is 51. The van der Waals surface area contributed by atoms with E-state index in [-0.39, 0.29) is 24.9 Å². The molecule has 0 saturated heterocycles. The summed E-state index contributed by atoms with van der Waals surface area (Å²) < 4.78 is 5.93. The van der Waals surface area contributed by atoms with Crippen molar-refractivity contribution in [3.63, 3.8) is 0 Å². The number of carbonyl (C=O) groups excluding carboxylic acids is 2. The summed E-state index contributed by atoms with van der Waals surface area (Å²) >= 11 is 0. The Kier molecular flexibility index (Phi) is 51.0. The number of unbranched alkanes of at least 4 members (excludes halogenated alkanes) is 31. The smallest absolute Gasteiger partial charge is 0.306 e. The van der Waals surface area contributed by atoms with E-state index in [0.29, 0.717) is 19.3 Å². The molecule has 0 spiro atoms. The van der Waals surface area contributed by atoms with E-state index in [2.05, 4.69) is 74.7 Å². The van der Waals surface area contributed by atoms with Crippen LogP contribution in [0.2, 0.25) is 0 Å². The summed E-state index contributed by atoms with van der Waals surface area (Å²) in [6.07, 6.45) is 64.7. The van der Waals surface area contributed by atoms with Gasteiger partial charge < -0.3 is 20.3 Å². The molecule has 3 atom stereocenters. The maximum absolute atomic E-state index is 13.2. The lowest BCUT2D eigenvalue weighted by Gasteiger charge is -2.24. The highest BCUT2D eigenvalue weighted by Gasteiger charge is 2.24. The van der Waals surface area contributed by atoms with Crippen LogP contribution in [0.5, 0.6) is 0 Å². The Morgan fingerprint density at radius 1 is 0.462 bits per heavy atom. The van der Waals surface area contributed by atoms with Gasteiger partial charge in [-0.3, -0.25) is 9.59 Å². The van der Waals surface area contributed by atoms with Crippen LogP contribution in [0.15, 0.2) is 48.6 Å². The lowest BCUT2D eigenvalue weighted by Crippen LogP contribution is -2.46. The van der Waals surface area contributed by atoms with Gasteiger partial charge in [-0.2, -0.15) is 0 Å². The lowest BCUT2D eigenvalue weighted by atomic mass is 10.0. The number of nitrogens with one attached hydrogen (secondary N) is 1. The van der Waals surface area contributed by atoms with Gasteiger partial charge in [0.25, 0.3) is 0 Å². The van der Waals surface area contributed by atoms with Crippen LogP contribution in [0.25, 0.3) is 0 Å². The average molecular weight is 913 g/mol. The predicted octanol–water partition coefficient (Wildman–Crippen LogP) is 17.4. The molecule has 0 aromatic rings. The minimum absolute atomic E-state index is 0.0521. The summed E-state index contributed by atoms with van der Waals surface area (Å²) in [5.41, 5.74) is 0. The first kappa shape index (κ1) is 62.8. The SMILES string of the molecule is CC/C=C/C/C=C/C/C=C/CCCCC(CC(=O)NC(CO)C(O)CCCCCCCCCCCCCCCCC)OC(=O)CCCCCCCCCCC/C=C/CCCCCCCC. The van der Waals surface area contributed by atoms with Crippen LogP contribution in [-0.2, 0) is 14.3 Å². The third-order valence-electron chi connectivity index (χ3n) is 12.9. The third-order valence-corrected chi connectivity index (χ3v) is 12.9. The van der Waals surface area contributed by atoms with Gasteiger partial charge in [-0.05, 0) is 83.5 Å². The average Bonchev–Trinajstić information content (AvgIpc) is 3.30. The highest BCUT2D eigenvalue weighted by Crippen LogP contribution is 2.18. The normalized spacial score (nSPS) is 13.5. The number of hydrogen-bond acceptors (Lipinski definition) is 5. The molecule has 3 N–H and O–H groups in total. The molecule has 0 aliphatic carbocycles.